The van der Waals surface area contributed by atoms with Gasteiger partial charge in [-0.1, -0.05) is 31.1 Å². The van der Waals surface area contributed by atoms with E-state index in [1.807, 2.05) is 13.0 Å². The summed E-state index contributed by atoms with van der Waals surface area (Å²) in [6, 6.07) is 4.17. The molecule has 0 unspecified atom stereocenters. The average Bonchev–Trinajstić information content (AvgIpc) is 3.13. The average molecular weight is 515 g/mol. The van der Waals surface area contributed by atoms with Crippen LogP contribution in [0.5, 0.6) is 5.75 Å². The Morgan fingerprint density at radius 1 is 1.27 bits per heavy atom. The van der Waals surface area contributed by atoms with Crippen LogP contribution in [-0.4, -0.2) is 65.0 Å². The van der Waals surface area contributed by atoms with Crippen LogP contribution < -0.4 is 0 Å². The first-order chi connectivity index (χ1) is 17.7. The van der Waals surface area contributed by atoms with E-state index in [0.717, 1.165) is 25.5 Å². The van der Waals surface area contributed by atoms with E-state index < -0.39 is 60.5 Å². The lowest BCUT2D eigenvalue weighted by atomic mass is 9.58. The molecule has 4 rings (SSSR count). The first-order valence-corrected chi connectivity index (χ1v) is 12.5. The normalized spacial score (nSPS) is 25.9. The van der Waals surface area contributed by atoms with Gasteiger partial charge in [0.05, 0.1) is 31.7 Å². The molecule has 1 aromatic rings. The fraction of sp³-hybridized carbons (Fsp3) is 0.500. The van der Waals surface area contributed by atoms with Gasteiger partial charge in [0.15, 0.2) is 11.6 Å². The van der Waals surface area contributed by atoms with E-state index in [1.165, 1.54) is 12.1 Å². The molecule has 0 aromatic heterocycles. The molecule has 37 heavy (non-hydrogen) atoms. The van der Waals surface area contributed by atoms with Gasteiger partial charge in [0.25, 0.3) is 0 Å². The van der Waals surface area contributed by atoms with Crippen molar-refractivity contribution in [2.45, 2.75) is 51.5 Å². The number of rotatable bonds is 7. The minimum Gasteiger partial charge on any atom is -0.505 e. The Labute approximate surface area is 214 Å². The summed E-state index contributed by atoms with van der Waals surface area (Å²) in [7, 11) is -0.0899. The molecule has 9 nitrogen and oxygen atoms in total. The van der Waals surface area contributed by atoms with E-state index in [1.54, 1.807) is 6.07 Å². The number of amides is 3. The van der Waals surface area contributed by atoms with Crippen molar-refractivity contribution < 1.29 is 43.4 Å². The molecule has 11 heteroatoms. The Kier molecular flexibility index (Phi) is 8.15. The molecule has 3 aliphatic rings. The van der Waals surface area contributed by atoms with Crippen molar-refractivity contribution >= 4 is 31.1 Å². The quantitative estimate of drug-likeness (QED) is 0.287. The fourth-order valence-electron chi connectivity index (χ4n) is 5.94. The van der Waals surface area contributed by atoms with Gasteiger partial charge < -0.3 is 24.6 Å². The van der Waals surface area contributed by atoms with E-state index in [0.29, 0.717) is 34.5 Å². The lowest BCUT2D eigenvalue weighted by Crippen LogP contribution is -2.46. The number of fused-ring (bicyclic) bond motifs is 3. The number of halogens is 1. The number of benzene rings is 1. The second-order valence-electron chi connectivity index (χ2n) is 9.76. The number of aliphatic hydroxyl groups is 1. The lowest BCUT2D eigenvalue weighted by molar-refractivity contribution is -0.137. The van der Waals surface area contributed by atoms with E-state index in [9.17, 15) is 34.0 Å². The zero-order valence-electron chi connectivity index (χ0n) is 20.9. The summed E-state index contributed by atoms with van der Waals surface area (Å²) < 4.78 is 24.3. The highest BCUT2D eigenvalue weighted by atomic mass is 19.1. The molecule has 4 atom stereocenters. The third-order valence-corrected chi connectivity index (χ3v) is 7.50. The zero-order chi connectivity index (χ0) is 26.9. The number of ether oxygens (including phenoxy) is 1. The summed E-state index contributed by atoms with van der Waals surface area (Å²) in [4.78, 5) is 38.7. The highest BCUT2D eigenvalue weighted by Crippen LogP contribution is 2.50. The minimum absolute atomic E-state index is 0.0645. The third-order valence-electron chi connectivity index (χ3n) is 7.50. The van der Waals surface area contributed by atoms with Gasteiger partial charge in [-0.25, -0.2) is 9.18 Å². The molecule has 0 saturated carbocycles. The summed E-state index contributed by atoms with van der Waals surface area (Å²) in [6.45, 7) is 1.68. The van der Waals surface area contributed by atoms with Gasteiger partial charge in [-0.15, -0.1) is 0 Å². The molecule has 2 fully saturated rings. The summed E-state index contributed by atoms with van der Waals surface area (Å²) in [5.41, 5.74) is 2.90. The van der Waals surface area contributed by atoms with Crippen molar-refractivity contribution in [1.82, 2.24) is 4.90 Å². The number of phenols is 1. The second kappa shape index (κ2) is 11.2. The van der Waals surface area contributed by atoms with Crippen molar-refractivity contribution in [3.05, 3.63) is 46.3 Å². The number of hydrogen-bond donors (Lipinski definition) is 3. The summed E-state index contributed by atoms with van der Waals surface area (Å²) >= 11 is 0. The molecule has 3 amide bonds. The van der Waals surface area contributed by atoms with Crippen LogP contribution in [0.25, 0.3) is 6.08 Å². The number of aromatic hydroxyl groups is 1. The molecule has 198 valence electrons. The number of carbonyl (C=O) groups excluding carboxylic acids is 3. The summed E-state index contributed by atoms with van der Waals surface area (Å²) in [6.07, 6.45) is 2.94. The van der Waals surface area contributed by atoms with Crippen molar-refractivity contribution in [3.63, 3.8) is 0 Å². The maximum Gasteiger partial charge on any atom is 0.455 e. The van der Waals surface area contributed by atoms with Crippen LogP contribution in [0.15, 0.2) is 34.9 Å². The smallest absolute Gasteiger partial charge is 0.455 e. The van der Waals surface area contributed by atoms with Crippen LogP contribution in [0.2, 0.25) is 6.32 Å². The maximum absolute atomic E-state index is 13.8. The van der Waals surface area contributed by atoms with Crippen molar-refractivity contribution in [2.24, 2.45) is 17.8 Å². The zero-order valence-corrected chi connectivity index (χ0v) is 20.9. The predicted octanol–water partition coefficient (Wildman–Crippen LogP) is 3.05. The summed E-state index contributed by atoms with van der Waals surface area (Å²) in [5.74, 6) is -4.66. The maximum atomic E-state index is 13.8. The number of imide groups is 3. The number of likely N-dealkylation sites (tertiary alicyclic amines) is 1. The molecular weight excluding hydrogens is 484 g/mol. The van der Waals surface area contributed by atoms with Crippen LogP contribution in [0.3, 0.4) is 0 Å². The number of methoxy groups -OCH3 is 1. The Bertz CT molecular complexity index is 1150. The predicted molar refractivity (Wildman–Crippen MR) is 131 cm³/mol. The van der Waals surface area contributed by atoms with E-state index in [2.05, 4.69) is 4.74 Å². The SMILES string of the molecule is CCC/C(=C\c1ccc(O)c(F)c1)CC[C@H]1OB(O)C[C@H]2C1=C(CO)C[C@H]1C(=O)N(C(=O)OC)C(=O)[C@H]12. The van der Waals surface area contributed by atoms with Crippen LogP contribution in [0.4, 0.5) is 9.18 Å². The molecule has 2 heterocycles. The number of phenolic OH excluding ortho intramolecular Hbond substituents is 1. The van der Waals surface area contributed by atoms with Gasteiger partial charge in [-0.05, 0) is 66.8 Å². The van der Waals surface area contributed by atoms with Gasteiger partial charge in [0, 0.05) is 0 Å². The number of hydrogen-bond acceptors (Lipinski definition) is 8. The van der Waals surface area contributed by atoms with Gasteiger partial charge in [0.2, 0.25) is 11.8 Å². The number of nitrogens with zero attached hydrogens (tertiary/aromatic N) is 1. The highest BCUT2D eigenvalue weighted by Gasteiger charge is 2.59. The Morgan fingerprint density at radius 2 is 2.03 bits per heavy atom. The monoisotopic (exact) mass is 515 g/mol. The standard InChI is InChI=1S/C26H31BFNO8/c1-3-4-14(9-15-5-7-20(31)19(28)10-15)6-8-21-22-16(13-30)11-17-23(18(22)12-27(35)37-21)25(33)29(24(17)32)26(34)36-2/h5,7,9-10,17-18,21,23,30-31,35H,3-4,6,8,11-13H2,1-2H3/b14-9+/t17-,18+,21-,23-/m1/s1. The number of aliphatic hydroxyl groups excluding tert-OH is 1. The number of allylic oxidation sites excluding steroid dienone is 1. The van der Waals surface area contributed by atoms with Gasteiger partial charge in [-0.3, -0.25) is 9.59 Å². The third kappa shape index (κ3) is 5.21. The second-order valence-corrected chi connectivity index (χ2v) is 9.76. The molecular formula is C26H31BFNO8. The van der Waals surface area contributed by atoms with Crippen LogP contribution in [-0.2, 0) is 19.0 Å². The first kappa shape index (κ1) is 27.0. The molecule has 1 aromatic carbocycles. The largest absolute Gasteiger partial charge is 0.505 e. The Hall–Kier alpha value is -3.02. The van der Waals surface area contributed by atoms with Gasteiger partial charge in [0.1, 0.15) is 0 Å². The van der Waals surface area contributed by atoms with Crippen LogP contribution >= 0.6 is 0 Å². The molecule has 1 aliphatic carbocycles. The van der Waals surface area contributed by atoms with E-state index in [-0.39, 0.29) is 19.3 Å². The molecule has 2 aliphatic heterocycles. The highest BCUT2D eigenvalue weighted by molar-refractivity contribution is 6.43. The van der Waals surface area contributed by atoms with Crippen molar-refractivity contribution in [3.8, 4) is 5.75 Å². The number of carbonyl (C=O) groups is 3. The summed E-state index contributed by atoms with van der Waals surface area (Å²) in [5, 5.41) is 30.2. The molecule has 3 N–H and O–H groups in total. The Morgan fingerprint density at radius 3 is 2.68 bits per heavy atom. The van der Waals surface area contributed by atoms with E-state index in [4.69, 9.17) is 4.65 Å². The fourth-order valence-corrected chi connectivity index (χ4v) is 5.94. The van der Waals surface area contributed by atoms with Crippen LogP contribution in [0.1, 0.15) is 44.6 Å². The van der Waals surface area contributed by atoms with Crippen molar-refractivity contribution in [2.75, 3.05) is 13.7 Å². The molecule has 2 saturated heterocycles. The molecule has 0 radical (unpaired) electrons. The Balaban J connectivity index is 1.61. The van der Waals surface area contributed by atoms with E-state index >= 15 is 0 Å². The van der Waals surface area contributed by atoms with Crippen LogP contribution in [0, 0.1) is 23.6 Å². The molecule has 0 bridgehead atoms. The topological polar surface area (TPSA) is 134 Å². The van der Waals surface area contributed by atoms with Gasteiger partial charge >= 0.3 is 13.2 Å². The lowest BCUT2D eigenvalue weighted by Gasteiger charge is -2.42. The minimum atomic E-state index is -1.18. The van der Waals surface area contributed by atoms with Gasteiger partial charge in [-0.2, -0.15) is 4.90 Å². The molecule has 0 spiro atoms. The first-order valence-electron chi connectivity index (χ1n) is 12.5. The van der Waals surface area contributed by atoms with Crippen molar-refractivity contribution in [1.29, 1.82) is 0 Å².